The smallest absolute Gasteiger partial charge is 0.341 e. The second kappa shape index (κ2) is 10.9. The molecule has 0 fully saturated rings. The molecule has 32 heavy (non-hydrogen) atoms. The highest BCUT2D eigenvalue weighted by Crippen LogP contribution is 2.34. The Labute approximate surface area is 194 Å². The lowest BCUT2D eigenvalue weighted by Crippen LogP contribution is -2.48. The van der Waals surface area contributed by atoms with E-state index in [9.17, 15) is 19.7 Å². The van der Waals surface area contributed by atoms with E-state index < -0.39 is 22.9 Å². The maximum absolute atomic E-state index is 12.4. The number of nitro groups is 1. The number of nitrogens with zero attached hydrogens (tertiary/aromatic N) is 1. The number of benzene rings is 1. The molecule has 0 radical (unpaired) electrons. The van der Waals surface area contributed by atoms with Gasteiger partial charge in [-0.1, -0.05) is 13.0 Å². The van der Waals surface area contributed by atoms with Gasteiger partial charge < -0.3 is 14.8 Å². The number of esters is 1. The third kappa shape index (κ3) is 5.92. The SMILES string of the molecule is CCc1c(C)sc(NC(=S)NNC(=O)C(C)Oc2ccc(C)cc2[N+](=O)[O-])c1C(=O)OC. The molecule has 10 nitrogen and oxygen atoms in total. The van der Waals surface area contributed by atoms with Crippen molar-refractivity contribution in [2.24, 2.45) is 0 Å². The van der Waals surface area contributed by atoms with Crippen LogP contribution in [-0.4, -0.2) is 35.1 Å². The molecule has 0 bridgehead atoms. The van der Waals surface area contributed by atoms with Crippen LogP contribution in [0, 0.1) is 24.0 Å². The number of carbonyl (C=O) groups is 2. The molecule has 12 heteroatoms. The standard InChI is InChI=1S/C20H24N4O6S2/c1-6-13-12(4)32-18(16(13)19(26)29-5)21-20(31)23-22-17(25)11(3)30-15-8-7-10(2)9-14(15)24(27)28/h7-9,11H,6H2,1-5H3,(H,22,25)(H2,21,23,31). The number of methoxy groups -OCH3 is 1. The van der Waals surface area contributed by atoms with E-state index in [2.05, 4.69) is 16.2 Å². The summed E-state index contributed by atoms with van der Waals surface area (Å²) in [5, 5.41) is 14.6. The van der Waals surface area contributed by atoms with Crippen molar-refractivity contribution in [2.45, 2.75) is 40.2 Å². The molecule has 0 aliphatic rings. The topological polar surface area (TPSA) is 132 Å². The van der Waals surface area contributed by atoms with Gasteiger partial charge in [0, 0.05) is 10.9 Å². The van der Waals surface area contributed by atoms with E-state index in [1.165, 1.54) is 37.5 Å². The summed E-state index contributed by atoms with van der Waals surface area (Å²) < 4.78 is 10.3. The Morgan fingerprint density at radius 1 is 1.28 bits per heavy atom. The van der Waals surface area contributed by atoms with E-state index in [0.29, 0.717) is 22.5 Å². The summed E-state index contributed by atoms with van der Waals surface area (Å²) in [6, 6.07) is 4.45. The van der Waals surface area contributed by atoms with Crippen LogP contribution in [0.25, 0.3) is 0 Å². The number of nitro benzene ring substituents is 1. The second-order valence-electron chi connectivity index (χ2n) is 6.74. The Balaban J connectivity index is 2.01. The molecule has 2 rings (SSSR count). The van der Waals surface area contributed by atoms with Crippen molar-refractivity contribution in [1.29, 1.82) is 0 Å². The van der Waals surface area contributed by atoms with Crippen LogP contribution in [-0.2, 0) is 16.0 Å². The third-order valence-corrected chi connectivity index (χ3v) is 5.73. The maximum Gasteiger partial charge on any atom is 0.341 e. The second-order valence-corrected chi connectivity index (χ2v) is 8.38. The van der Waals surface area contributed by atoms with E-state index in [-0.39, 0.29) is 16.5 Å². The largest absolute Gasteiger partial charge is 0.474 e. The Morgan fingerprint density at radius 3 is 2.56 bits per heavy atom. The van der Waals surface area contributed by atoms with E-state index in [0.717, 1.165) is 10.4 Å². The lowest BCUT2D eigenvalue weighted by atomic mass is 10.1. The van der Waals surface area contributed by atoms with Gasteiger partial charge in [-0.2, -0.15) is 0 Å². The summed E-state index contributed by atoms with van der Waals surface area (Å²) in [5.74, 6) is -1.11. The normalized spacial score (nSPS) is 11.3. The van der Waals surface area contributed by atoms with Crippen LogP contribution in [0.1, 0.15) is 40.2 Å². The van der Waals surface area contributed by atoms with Gasteiger partial charge in [-0.15, -0.1) is 11.3 Å². The number of thiophene rings is 1. The number of rotatable bonds is 7. The quantitative estimate of drug-likeness (QED) is 0.236. The summed E-state index contributed by atoms with van der Waals surface area (Å²) in [6.45, 7) is 6.99. The van der Waals surface area contributed by atoms with Crippen molar-refractivity contribution in [2.75, 3.05) is 12.4 Å². The van der Waals surface area contributed by atoms with Crippen molar-refractivity contribution in [3.8, 4) is 5.75 Å². The van der Waals surface area contributed by atoms with Crippen LogP contribution in [0.3, 0.4) is 0 Å². The molecular weight excluding hydrogens is 456 g/mol. The van der Waals surface area contributed by atoms with Crippen molar-refractivity contribution in [3.05, 3.63) is 49.9 Å². The van der Waals surface area contributed by atoms with Crippen LogP contribution in [0.4, 0.5) is 10.7 Å². The van der Waals surface area contributed by atoms with E-state index in [4.69, 9.17) is 21.7 Å². The van der Waals surface area contributed by atoms with E-state index >= 15 is 0 Å². The van der Waals surface area contributed by atoms with Gasteiger partial charge in [0.2, 0.25) is 0 Å². The van der Waals surface area contributed by atoms with Crippen LogP contribution in [0.5, 0.6) is 5.75 Å². The average molecular weight is 481 g/mol. The molecule has 1 heterocycles. The van der Waals surface area contributed by atoms with Crippen LogP contribution in [0.2, 0.25) is 0 Å². The van der Waals surface area contributed by atoms with Gasteiger partial charge in [0.25, 0.3) is 5.91 Å². The number of ether oxygens (including phenoxy) is 2. The van der Waals surface area contributed by atoms with Gasteiger partial charge in [0.1, 0.15) is 5.00 Å². The molecule has 0 spiro atoms. The van der Waals surface area contributed by atoms with Gasteiger partial charge in [-0.05, 0) is 56.6 Å². The number of amides is 1. The first kappa shape index (κ1) is 25.0. The fourth-order valence-corrected chi connectivity index (χ4v) is 4.23. The highest BCUT2D eigenvalue weighted by molar-refractivity contribution is 7.80. The van der Waals surface area contributed by atoms with E-state index in [1.807, 2.05) is 13.8 Å². The molecule has 0 aliphatic carbocycles. The third-order valence-electron chi connectivity index (χ3n) is 4.46. The number of thiocarbonyl (C=S) groups is 1. The molecule has 1 aromatic heterocycles. The average Bonchev–Trinajstić information content (AvgIpc) is 3.06. The van der Waals surface area contributed by atoms with Crippen molar-refractivity contribution < 1.29 is 24.0 Å². The minimum Gasteiger partial charge on any atom is -0.474 e. The predicted molar refractivity (Wildman–Crippen MR) is 125 cm³/mol. The molecule has 1 aromatic carbocycles. The molecule has 1 atom stereocenters. The molecule has 0 aliphatic heterocycles. The highest BCUT2D eigenvalue weighted by Gasteiger charge is 2.24. The monoisotopic (exact) mass is 480 g/mol. The fraction of sp³-hybridized carbons (Fsp3) is 0.350. The number of aryl methyl sites for hydroxylation is 2. The maximum atomic E-state index is 12.4. The minimum atomic E-state index is -1.05. The fourth-order valence-electron chi connectivity index (χ4n) is 2.88. The summed E-state index contributed by atoms with van der Waals surface area (Å²) in [6.07, 6.45) is -0.404. The lowest BCUT2D eigenvalue weighted by molar-refractivity contribution is -0.386. The van der Waals surface area contributed by atoms with Gasteiger partial charge in [0.15, 0.2) is 17.0 Å². The van der Waals surface area contributed by atoms with Crippen LogP contribution < -0.4 is 20.9 Å². The molecule has 3 N–H and O–H groups in total. The number of carbonyl (C=O) groups excluding carboxylic acids is 2. The highest BCUT2D eigenvalue weighted by atomic mass is 32.1. The number of nitrogens with one attached hydrogen (secondary N) is 3. The van der Waals surface area contributed by atoms with Crippen molar-refractivity contribution in [3.63, 3.8) is 0 Å². The molecule has 2 aromatic rings. The Kier molecular flexibility index (Phi) is 8.49. The van der Waals surface area contributed by atoms with Gasteiger partial charge in [-0.25, -0.2) is 4.79 Å². The summed E-state index contributed by atoms with van der Waals surface area (Å²) >= 11 is 6.54. The molecule has 0 saturated carbocycles. The number of hydrogen-bond acceptors (Lipinski definition) is 8. The Morgan fingerprint density at radius 2 is 1.97 bits per heavy atom. The number of hydrogen-bond donors (Lipinski definition) is 3. The molecule has 1 amide bonds. The zero-order chi connectivity index (χ0) is 24.0. The first-order valence-corrected chi connectivity index (χ1v) is 10.8. The van der Waals surface area contributed by atoms with E-state index in [1.54, 1.807) is 13.0 Å². The van der Waals surface area contributed by atoms with Crippen LogP contribution >= 0.6 is 23.6 Å². The zero-order valence-electron chi connectivity index (χ0n) is 18.2. The first-order valence-electron chi connectivity index (χ1n) is 9.58. The predicted octanol–water partition coefficient (Wildman–Crippen LogP) is 3.41. The molecular formula is C20H24N4O6S2. The van der Waals surface area contributed by atoms with Crippen molar-refractivity contribution in [1.82, 2.24) is 10.9 Å². The zero-order valence-corrected chi connectivity index (χ0v) is 19.9. The minimum absolute atomic E-state index is 0.0205. The van der Waals surface area contributed by atoms with Gasteiger partial charge >= 0.3 is 11.7 Å². The lowest BCUT2D eigenvalue weighted by Gasteiger charge is -2.16. The summed E-state index contributed by atoms with van der Waals surface area (Å²) in [7, 11) is 1.30. The first-order chi connectivity index (χ1) is 15.1. The molecule has 1 unspecified atom stereocenters. The van der Waals surface area contributed by atoms with Crippen LogP contribution in [0.15, 0.2) is 18.2 Å². The van der Waals surface area contributed by atoms with Crippen molar-refractivity contribution >= 4 is 51.2 Å². The van der Waals surface area contributed by atoms with Gasteiger partial charge in [-0.3, -0.25) is 25.8 Å². The summed E-state index contributed by atoms with van der Waals surface area (Å²) in [5.41, 5.74) is 6.64. The Bertz CT molecular complexity index is 1050. The van der Waals surface area contributed by atoms with Gasteiger partial charge in [0.05, 0.1) is 17.6 Å². The number of hydrazine groups is 1. The molecule has 0 saturated heterocycles. The molecule has 172 valence electrons. The Hall–Kier alpha value is -3.25. The summed E-state index contributed by atoms with van der Waals surface area (Å²) in [4.78, 5) is 36.1. The number of anilines is 1.